The number of benzene rings is 1. The van der Waals surface area contributed by atoms with Crippen molar-refractivity contribution in [2.24, 2.45) is 7.05 Å². The second kappa shape index (κ2) is 8.80. The fourth-order valence-corrected chi connectivity index (χ4v) is 5.39. The molecule has 0 bridgehead atoms. The third-order valence-electron chi connectivity index (χ3n) is 5.63. The highest BCUT2D eigenvalue weighted by atomic mass is 32.1. The van der Waals surface area contributed by atoms with Crippen molar-refractivity contribution >= 4 is 17.3 Å². The quantitative estimate of drug-likeness (QED) is 0.547. The van der Waals surface area contributed by atoms with Gasteiger partial charge in [0.25, 0.3) is 0 Å². The highest BCUT2D eigenvalue weighted by molar-refractivity contribution is 7.16. The predicted octanol–water partition coefficient (Wildman–Crippen LogP) is 5.36. The van der Waals surface area contributed by atoms with Gasteiger partial charge in [-0.3, -0.25) is 4.79 Å². The molecular weight excluding hydrogens is 438 g/mol. The van der Waals surface area contributed by atoms with Gasteiger partial charge in [0, 0.05) is 45.8 Å². The van der Waals surface area contributed by atoms with E-state index in [0.29, 0.717) is 12.2 Å². The minimum Gasteiger partial charge on any atom is -0.493 e. The summed E-state index contributed by atoms with van der Waals surface area (Å²) in [5, 5.41) is 10.2. The molecule has 2 aromatic heterocycles. The number of rotatable bonds is 5. The topological polar surface area (TPSA) is 77.8 Å². The van der Waals surface area contributed by atoms with Crippen molar-refractivity contribution in [1.29, 1.82) is 0 Å². The van der Waals surface area contributed by atoms with Crippen LogP contribution in [0.4, 0.5) is 0 Å². The zero-order valence-electron chi connectivity index (χ0n) is 19.6. The van der Waals surface area contributed by atoms with Gasteiger partial charge in [0.2, 0.25) is 5.56 Å². The molecule has 1 unspecified atom stereocenters. The van der Waals surface area contributed by atoms with E-state index in [1.54, 1.807) is 19.3 Å². The van der Waals surface area contributed by atoms with E-state index in [0.717, 1.165) is 50.6 Å². The largest absolute Gasteiger partial charge is 0.493 e. The van der Waals surface area contributed by atoms with Crippen molar-refractivity contribution in [2.45, 2.75) is 52.2 Å². The van der Waals surface area contributed by atoms with Crippen LogP contribution >= 0.6 is 11.3 Å². The minimum absolute atomic E-state index is 0.0980. The zero-order valence-corrected chi connectivity index (χ0v) is 20.4. The van der Waals surface area contributed by atoms with Crippen molar-refractivity contribution in [3.63, 3.8) is 0 Å². The molecule has 0 saturated heterocycles. The molecule has 4 rings (SSSR count). The van der Waals surface area contributed by atoms with E-state index in [-0.39, 0.29) is 5.56 Å². The third-order valence-corrected chi connectivity index (χ3v) is 6.80. The molecule has 0 fully saturated rings. The zero-order chi connectivity index (χ0) is 23.9. The maximum atomic E-state index is 12.4. The van der Waals surface area contributed by atoms with Crippen molar-refractivity contribution < 1.29 is 19.4 Å². The maximum Gasteiger partial charge on any atom is 0.337 e. The molecule has 0 radical (unpaired) electrons. The standard InChI is InChI=1S/C26H29NO5S/c1-15-21(23(25(29)30)32-26(2,3)4)22(17-8-10-19-16(13-17)7-6-12-31-19)24(33-15)18-9-11-20(28)27(5)14-18/h8-11,13-14,23H,6-7,12H2,1-5H3,(H,29,30). The summed E-state index contributed by atoms with van der Waals surface area (Å²) >= 11 is 1.52. The van der Waals surface area contributed by atoms with Gasteiger partial charge in [0.05, 0.1) is 12.2 Å². The number of thiophene rings is 1. The molecule has 3 heterocycles. The molecule has 1 aliphatic rings. The van der Waals surface area contributed by atoms with Gasteiger partial charge in [-0.1, -0.05) is 6.07 Å². The lowest BCUT2D eigenvalue weighted by Gasteiger charge is -2.26. The van der Waals surface area contributed by atoms with Crippen LogP contribution in [-0.2, 0) is 23.0 Å². The van der Waals surface area contributed by atoms with E-state index in [4.69, 9.17) is 9.47 Å². The second-order valence-corrected chi connectivity index (χ2v) is 10.6. The Labute approximate surface area is 197 Å². The van der Waals surface area contributed by atoms with E-state index in [1.807, 2.05) is 39.8 Å². The van der Waals surface area contributed by atoms with E-state index in [1.165, 1.54) is 22.0 Å². The monoisotopic (exact) mass is 467 g/mol. The average Bonchev–Trinajstić information content (AvgIpc) is 3.09. The van der Waals surface area contributed by atoms with Crippen LogP contribution in [0, 0.1) is 6.92 Å². The van der Waals surface area contributed by atoms with E-state index >= 15 is 0 Å². The summed E-state index contributed by atoms with van der Waals surface area (Å²) in [4.78, 5) is 26.2. The number of hydrogen-bond donors (Lipinski definition) is 1. The first-order chi connectivity index (χ1) is 15.5. The number of carboxylic acid groups (broad SMARTS) is 1. The van der Waals surface area contributed by atoms with Gasteiger partial charge in [0.1, 0.15) is 5.75 Å². The maximum absolute atomic E-state index is 12.4. The van der Waals surface area contributed by atoms with Gasteiger partial charge in [-0.25, -0.2) is 4.79 Å². The Balaban J connectivity index is 1.99. The molecule has 1 atom stereocenters. The Morgan fingerprint density at radius 1 is 1.21 bits per heavy atom. The number of aryl methyl sites for hydroxylation is 3. The first-order valence-electron chi connectivity index (χ1n) is 11.0. The molecule has 33 heavy (non-hydrogen) atoms. The van der Waals surface area contributed by atoms with Crippen molar-refractivity contribution in [2.75, 3.05) is 6.61 Å². The van der Waals surface area contributed by atoms with Crippen LogP contribution in [-0.4, -0.2) is 27.9 Å². The van der Waals surface area contributed by atoms with Gasteiger partial charge in [0.15, 0.2) is 6.10 Å². The number of aliphatic carboxylic acids is 1. The average molecular weight is 468 g/mol. The second-order valence-electron chi connectivity index (χ2n) is 9.37. The lowest BCUT2D eigenvalue weighted by molar-refractivity contribution is -0.160. The molecule has 0 saturated carbocycles. The number of aromatic nitrogens is 1. The first kappa shape index (κ1) is 23.3. The third kappa shape index (κ3) is 4.75. The summed E-state index contributed by atoms with van der Waals surface area (Å²) in [5.74, 6) is -0.150. The Morgan fingerprint density at radius 3 is 2.61 bits per heavy atom. The summed E-state index contributed by atoms with van der Waals surface area (Å²) in [6.45, 7) is 8.20. The Hall–Kier alpha value is -2.90. The molecule has 0 aliphatic carbocycles. The molecule has 6 nitrogen and oxygen atoms in total. The van der Waals surface area contributed by atoms with Crippen LogP contribution in [0.3, 0.4) is 0 Å². The van der Waals surface area contributed by atoms with Crippen LogP contribution < -0.4 is 10.3 Å². The van der Waals surface area contributed by atoms with Gasteiger partial charge < -0.3 is 19.1 Å². The Bertz CT molecular complexity index is 1260. The molecule has 0 spiro atoms. The summed E-state index contributed by atoms with van der Waals surface area (Å²) in [5.41, 5.74) is 3.65. The summed E-state index contributed by atoms with van der Waals surface area (Å²) in [7, 11) is 1.71. The van der Waals surface area contributed by atoms with Crippen LogP contribution in [0.5, 0.6) is 5.75 Å². The molecule has 1 N–H and O–H groups in total. The molecular formula is C26H29NO5S. The smallest absolute Gasteiger partial charge is 0.337 e. The van der Waals surface area contributed by atoms with Gasteiger partial charge in [-0.2, -0.15) is 0 Å². The molecule has 7 heteroatoms. The minimum atomic E-state index is -1.12. The van der Waals surface area contributed by atoms with Crippen molar-refractivity contribution in [3.8, 4) is 27.3 Å². The molecule has 174 valence electrons. The lowest BCUT2D eigenvalue weighted by atomic mass is 9.92. The number of fused-ring (bicyclic) bond motifs is 1. The van der Waals surface area contributed by atoms with E-state index < -0.39 is 17.7 Å². The van der Waals surface area contributed by atoms with Crippen molar-refractivity contribution in [1.82, 2.24) is 4.57 Å². The van der Waals surface area contributed by atoms with Crippen LogP contribution in [0.15, 0.2) is 41.3 Å². The number of carbonyl (C=O) groups is 1. The molecule has 1 aromatic carbocycles. The number of nitrogens with zero attached hydrogens (tertiary/aromatic N) is 1. The SMILES string of the molecule is Cc1sc(-c2ccc(=O)n(C)c2)c(-c2ccc3c(c2)CCCO3)c1C(OC(C)(C)C)C(=O)O. The van der Waals surface area contributed by atoms with E-state index in [9.17, 15) is 14.7 Å². The highest BCUT2D eigenvalue weighted by Gasteiger charge is 2.34. The first-order valence-corrected chi connectivity index (χ1v) is 11.8. The summed E-state index contributed by atoms with van der Waals surface area (Å²) in [6, 6.07) is 9.38. The molecule has 3 aromatic rings. The fraction of sp³-hybridized carbons (Fsp3) is 0.385. The van der Waals surface area contributed by atoms with Gasteiger partial charge >= 0.3 is 5.97 Å². The van der Waals surface area contributed by atoms with E-state index in [2.05, 4.69) is 6.07 Å². The summed E-state index contributed by atoms with van der Waals surface area (Å²) < 4.78 is 13.4. The molecule has 1 aliphatic heterocycles. The normalized spacial score (nSPS) is 14.5. The number of hydrogen-bond acceptors (Lipinski definition) is 5. The van der Waals surface area contributed by atoms with Crippen LogP contribution in [0.1, 0.15) is 49.3 Å². The highest BCUT2D eigenvalue weighted by Crippen LogP contribution is 2.47. The van der Waals surface area contributed by atoms with Crippen LogP contribution in [0.2, 0.25) is 0 Å². The van der Waals surface area contributed by atoms with Gasteiger partial charge in [-0.05, 0) is 69.9 Å². The predicted molar refractivity (Wildman–Crippen MR) is 130 cm³/mol. The lowest BCUT2D eigenvalue weighted by Crippen LogP contribution is -2.27. The summed E-state index contributed by atoms with van der Waals surface area (Å²) in [6.07, 6.45) is 2.54. The number of ether oxygens (including phenoxy) is 2. The molecule has 0 amide bonds. The van der Waals surface area contributed by atoms with Crippen LogP contribution in [0.25, 0.3) is 21.6 Å². The Kier molecular flexibility index (Phi) is 6.20. The number of pyridine rings is 1. The van der Waals surface area contributed by atoms with Gasteiger partial charge in [-0.15, -0.1) is 11.3 Å². The fourth-order valence-electron chi connectivity index (χ4n) is 4.19. The number of carboxylic acids is 1. The van der Waals surface area contributed by atoms with Crippen molar-refractivity contribution in [3.05, 3.63) is 62.9 Å². The Morgan fingerprint density at radius 2 is 1.94 bits per heavy atom.